The van der Waals surface area contributed by atoms with Crippen LogP contribution in [0.5, 0.6) is 0 Å². The number of anilines is 1. The summed E-state index contributed by atoms with van der Waals surface area (Å²) in [5.41, 5.74) is 1.03. The molecule has 3 rings (SSSR count). The summed E-state index contributed by atoms with van der Waals surface area (Å²) < 4.78 is 0. The van der Waals surface area contributed by atoms with Crippen molar-refractivity contribution in [3.05, 3.63) is 54.4 Å². The van der Waals surface area contributed by atoms with Gasteiger partial charge in [0.1, 0.15) is 0 Å². The number of piperazine rings is 1. The molecule has 2 heterocycles. The number of carbonyl (C=O) groups is 2. The molecular formula is C19H24N6O2. The number of amides is 3. The van der Waals surface area contributed by atoms with Crippen molar-refractivity contribution in [2.24, 2.45) is 0 Å². The lowest BCUT2D eigenvalue weighted by Crippen LogP contribution is -2.49. The van der Waals surface area contributed by atoms with E-state index in [1.165, 1.54) is 0 Å². The van der Waals surface area contributed by atoms with Crippen LogP contribution in [0.15, 0.2) is 48.8 Å². The van der Waals surface area contributed by atoms with Crippen molar-refractivity contribution >= 4 is 17.9 Å². The lowest BCUT2D eigenvalue weighted by Gasteiger charge is -2.34. The van der Waals surface area contributed by atoms with E-state index in [-0.39, 0.29) is 11.9 Å². The van der Waals surface area contributed by atoms with Crippen LogP contribution in [0.4, 0.5) is 10.7 Å². The van der Waals surface area contributed by atoms with Crippen LogP contribution in [0.3, 0.4) is 0 Å². The Morgan fingerprint density at radius 1 is 0.926 bits per heavy atom. The van der Waals surface area contributed by atoms with Crippen molar-refractivity contribution in [3.8, 4) is 0 Å². The molecule has 2 aromatic rings. The largest absolute Gasteiger partial charge is 0.339 e. The molecular weight excluding hydrogens is 344 g/mol. The Bertz CT molecular complexity index is 732. The number of benzene rings is 1. The monoisotopic (exact) mass is 368 g/mol. The van der Waals surface area contributed by atoms with Gasteiger partial charge in [-0.3, -0.25) is 4.79 Å². The van der Waals surface area contributed by atoms with E-state index in [9.17, 15) is 9.59 Å². The van der Waals surface area contributed by atoms with Gasteiger partial charge in [-0.2, -0.15) is 0 Å². The fourth-order valence-electron chi connectivity index (χ4n) is 2.89. The van der Waals surface area contributed by atoms with E-state index in [1.54, 1.807) is 18.5 Å². The van der Waals surface area contributed by atoms with Gasteiger partial charge in [0.25, 0.3) is 0 Å². The molecule has 1 fully saturated rings. The number of nitrogens with zero attached hydrogens (tertiary/aromatic N) is 4. The summed E-state index contributed by atoms with van der Waals surface area (Å²) in [6, 6.07) is 11.2. The average molecular weight is 368 g/mol. The SMILES string of the molecule is O=C(NCCC(=O)N1CCN(c2ncccn2)CC1)NCc1ccccc1. The van der Waals surface area contributed by atoms with E-state index in [0.717, 1.165) is 5.56 Å². The van der Waals surface area contributed by atoms with E-state index in [0.29, 0.717) is 51.6 Å². The van der Waals surface area contributed by atoms with Crippen LogP contribution in [-0.2, 0) is 11.3 Å². The van der Waals surface area contributed by atoms with E-state index in [2.05, 4.69) is 25.5 Å². The van der Waals surface area contributed by atoms with Gasteiger partial charge in [-0.25, -0.2) is 14.8 Å². The Morgan fingerprint density at radius 2 is 1.63 bits per heavy atom. The molecule has 2 N–H and O–H groups in total. The molecule has 0 saturated carbocycles. The highest BCUT2D eigenvalue weighted by molar-refractivity contribution is 5.78. The summed E-state index contributed by atoms with van der Waals surface area (Å²) >= 11 is 0. The lowest BCUT2D eigenvalue weighted by atomic mass is 10.2. The first kappa shape index (κ1) is 18.6. The van der Waals surface area contributed by atoms with Crippen molar-refractivity contribution in [1.82, 2.24) is 25.5 Å². The van der Waals surface area contributed by atoms with Crippen molar-refractivity contribution in [1.29, 1.82) is 0 Å². The van der Waals surface area contributed by atoms with Gasteiger partial charge in [-0.1, -0.05) is 30.3 Å². The lowest BCUT2D eigenvalue weighted by molar-refractivity contribution is -0.131. The predicted octanol–water partition coefficient (Wildman–Crippen LogP) is 1.01. The molecule has 1 saturated heterocycles. The van der Waals surface area contributed by atoms with Gasteiger partial charge in [-0.05, 0) is 11.6 Å². The van der Waals surface area contributed by atoms with Crippen LogP contribution in [0, 0.1) is 0 Å². The first-order valence-corrected chi connectivity index (χ1v) is 9.08. The first-order valence-electron chi connectivity index (χ1n) is 9.08. The zero-order valence-electron chi connectivity index (χ0n) is 15.2. The van der Waals surface area contributed by atoms with Crippen LogP contribution < -0.4 is 15.5 Å². The Morgan fingerprint density at radius 3 is 2.33 bits per heavy atom. The fourth-order valence-corrected chi connectivity index (χ4v) is 2.89. The van der Waals surface area contributed by atoms with Crippen LogP contribution in [0.25, 0.3) is 0 Å². The molecule has 0 atom stereocenters. The molecule has 0 unspecified atom stereocenters. The second-order valence-corrected chi connectivity index (χ2v) is 6.26. The molecule has 0 bridgehead atoms. The van der Waals surface area contributed by atoms with Gasteiger partial charge in [-0.15, -0.1) is 0 Å². The smallest absolute Gasteiger partial charge is 0.315 e. The third-order valence-corrected chi connectivity index (χ3v) is 4.39. The van der Waals surface area contributed by atoms with E-state index in [1.807, 2.05) is 35.2 Å². The van der Waals surface area contributed by atoms with Crippen molar-refractivity contribution in [2.75, 3.05) is 37.6 Å². The number of carbonyl (C=O) groups excluding carboxylic acids is 2. The minimum Gasteiger partial charge on any atom is -0.339 e. The number of aromatic nitrogens is 2. The second kappa shape index (κ2) is 9.51. The van der Waals surface area contributed by atoms with Crippen molar-refractivity contribution in [2.45, 2.75) is 13.0 Å². The van der Waals surface area contributed by atoms with Crippen molar-refractivity contribution < 1.29 is 9.59 Å². The summed E-state index contributed by atoms with van der Waals surface area (Å²) in [6.45, 7) is 3.47. The zero-order chi connectivity index (χ0) is 18.9. The second-order valence-electron chi connectivity index (χ2n) is 6.26. The maximum atomic E-state index is 12.3. The summed E-state index contributed by atoms with van der Waals surface area (Å²) in [5, 5.41) is 5.51. The molecule has 0 aliphatic carbocycles. The van der Waals surface area contributed by atoms with E-state index in [4.69, 9.17) is 0 Å². The molecule has 8 nitrogen and oxygen atoms in total. The quantitative estimate of drug-likeness (QED) is 0.794. The summed E-state index contributed by atoms with van der Waals surface area (Å²) in [6.07, 6.45) is 3.73. The van der Waals surface area contributed by atoms with E-state index >= 15 is 0 Å². The minimum atomic E-state index is -0.266. The zero-order valence-corrected chi connectivity index (χ0v) is 15.2. The molecule has 27 heavy (non-hydrogen) atoms. The Kier molecular flexibility index (Phi) is 6.56. The Balaban J connectivity index is 1.32. The summed E-state index contributed by atoms with van der Waals surface area (Å²) in [5.74, 6) is 0.744. The highest BCUT2D eigenvalue weighted by atomic mass is 16.2. The van der Waals surface area contributed by atoms with Crippen LogP contribution in [0.1, 0.15) is 12.0 Å². The fraction of sp³-hybridized carbons (Fsp3) is 0.368. The average Bonchev–Trinajstić information content (AvgIpc) is 2.74. The summed E-state index contributed by atoms with van der Waals surface area (Å²) in [4.78, 5) is 36.5. The van der Waals surface area contributed by atoms with Crippen LogP contribution in [0.2, 0.25) is 0 Å². The molecule has 8 heteroatoms. The number of rotatable bonds is 6. The highest BCUT2D eigenvalue weighted by Gasteiger charge is 2.22. The van der Waals surface area contributed by atoms with Gasteiger partial charge in [0.05, 0.1) is 0 Å². The predicted molar refractivity (Wildman–Crippen MR) is 102 cm³/mol. The maximum absolute atomic E-state index is 12.3. The van der Waals surface area contributed by atoms with Gasteiger partial charge in [0, 0.05) is 58.1 Å². The van der Waals surface area contributed by atoms with Crippen LogP contribution >= 0.6 is 0 Å². The molecule has 1 aromatic heterocycles. The van der Waals surface area contributed by atoms with Gasteiger partial charge >= 0.3 is 6.03 Å². The van der Waals surface area contributed by atoms with Gasteiger partial charge < -0.3 is 20.4 Å². The molecule has 1 aliphatic heterocycles. The highest BCUT2D eigenvalue weighted by Crippen LogP contribution is 2.10. The van der Waals surface area contributed by atoms with Crippen molar-refractivity contribution in [3.63, 3.8) is 0 Å². The Labute approximate surface area is 158 Å². The molecule has 0 spiro atoms. The van der Waals surface area contributed by atoms with Gasteiger partial charge in [0.15, 0.2) is 0 Å². The minimum absolute atomic E-state index is 0.0481. The standard InChI is InChI=1S/C19H24N6O2/c26-17(7-10-22-19(27)23-15-16-5-2-1-3-6-16)24-11-13-25(14-12-24)18-20-8-4-9-21-18/h1-6,8-9H,7,10-15H2,(H2,22,23,27). The first-order chi connectivity index (χ1) is 13.2. The number of urea groups is 1. The Hall–Kier alpha value is -3.16. The van der Waals surface area contributed by atoms with E-state index < -0.39 is 0 Å². The number of hydrogen-bond donors (Lipinski definition) is 2. The topological polar surface area (TPSA) is 90.5 Å². The van der Waals surface area contributed by atoms with Gasteiger partial charge in [0.2, 0.25) is 11.9 Å². The number of hydrogen-bond acceptors (Lipinski definition) is 5. The molecule has 142 valence electrons. The summed E-state index contributed by atoms with van der Waals surface area (Å²) in [7, 11) is 0. The maximum Gasteiger partial charge on any atom is 0.315 e. The molecule has 1 aromatic carbocycles. The normalized spacial score (nSPS) is 13.9. The van der Waals surface area contributed by atoms with Crippen LogP contribution in [-0.4, -0.2) is 59.5 Å². The number of nitrogens with one attached hydrogen (secondary N) is 2. The molecule has 0 radical (unpaired) electrons. The third-order valence-electron chi connectivity index (χ3n) is 4.39. The molecule has 1 aliphatic rings. The third kappa shape index (κ3) is 5.67. The molecule has 3 amide bonds.